The summed E-state index contributed by atoms with van der Waals surface area (Å²) in [5, 5.41) is 3.98. The van der Waals surface area contributed by atoms with Crippen LogP contribution in [0.4, 0.5) is 0 Å². The van der Waals surface area contributed by atoms with Gasteiger partial charge >= 0.3 is 0 Å². The lowest BCUT2D eigenvalue weighted by atomic mass is 9.68. The van der Waals surface area contributed by atoms with Gasteiger partial charge in [0.15, 0.2) is 0 Å². The van der Waals surface area contributed by atoms with Crippen LogP contribution in [0.3, 0.4) is 0 Å². The smallest absolute Gasteiger partial charge is 0.0175 e. The maximum atomic E-state index is 3.98. The minimum Gasteiger partial charge on any atom is -0.312 e. The van der Waals surface area contributed by atoms with E-state index in [4.69, 9.17) is 0 Å². The largest absolute Gasteiger partial charge is 0.312 e. The number of rotatable bonds is 4. The number of hydrogen-bond donors (Lipinski definition) is 1. The van der Waals surface area contributed by atoms with Crippen LogP contribution in [0, 0.1) is 16.7 Å². The predicted molar refractivity (Wildman–Crippen MR) is 90.5 cm³/mol. The maximum Gasteiger partial charge on any atom is 0.0175 e. The van der Waals surface area contributed by atoms with Gasteiger partial charge in [0, 0.05) is 18.0 Å². The van der Waals surface area contributed by atoms with Crippen molar-refractivity contribution >= 4 is 0 Å². The molecule has 2 aliphatic carbocycles. The van der Waals surface area contributed by atoms with Crippen LogP contribution in [0.2, 0.25) is 0 Å². The van der Waals surface area contributed by atoms with Crippen molar-refractivity contribution in [2.24, 2.45) is 16.7 Å². The van der Waals surface area contributed by atoms with Gasteiger partial charge in [-0.15, -0.1) is 0 Å². The Hall–Kier alpha value is -0.820. The molecule has 3 rings (SSSR count). The van der Waals surface area contributed by atoms with Crippen LogP contribution >= 0.6 is 0 Å². The molecule has 116 valence electrons. The van der Waals surface area contributed by atoms with Gasteiger partial charge in [0.05, 0.1) is 0 Å². The number of benzene rings is 1. The molecule has 1 nitrogen and oxygen atoms in total. The summed E-state index contributed by atoms with van der Waals surface area (Å²) in [7, 11) is 0. The molecule has 1 heteroatoms. The normalized spacial score (nSPS) is 34.3. The van der Waals surface area contributed by atoms with Crippen LogP contribution in [-0.2, 0) is 5.41 Å². The molecule has 1 N–H and O–H groups in total. The monoisotopic (exact) mass is 285 g/mol. The van der Waals surface area contributed by atoms with Crippen molar-refractivity contribution in [3.63, 3.8) is 0 Å². The van der Waals surface area contributed by atoms with Crippen molar-refractivity contribution in [3.8, 4) is 0 Å². The summed E-state index contributed by atoms with van der Waals surface area (Å²) in [5.41, 5.74) is 2.58. The molecule has 2 saturated carbocycles. The SMILES string of the molecule is CC(C)(CNC1C(C)(C)[C@H]2CC[C@]1(C)C2)c1ccccc1. The fraction of sp³-hybridized carbons (Fsp3) is 0.700. The van der Waals surface area contributed by atoms with Crippen LogP contribution < -0.4 is 5.32 Å². The van der Waals surface area contributed by atoms with Crippen molar-refractivity contribution in [3.05, 3.63) is 35.9 Å². The van der Waals surface area contributed by atoms with Gasteiger partial charge in [-0.05, 0) is 41.6 Å². The quantitative estimate of drug-likeness (QED) is 0.840. The molecule has 0 radical (unpaired) electrons. The van der Waals surface area contributed by atoms with E-state index in [1.54, 1.807) is 0 Å². The summed E-state index contributed by atoms with van der Waals surface area (Å²) in [6.07, 6.45) is 4.26. The highest BCUT2D eigenvalue weighted by Crippen LogP contribution is 2.62. The number of fused-ring (bicyclic) bond motifs is 2. The standard InChI is InChI=1S/C20H31N/c1-18(2,15-9-7-6-8-10-15)14-21-17-19(3,4)16-11-12-20(17,5)13-16/h6-10,16-17,21H,11-14H2,1-5H3/t16-,17?,20+/m0/s1. The Morgan fingerprint density at radius 3 is 2.38 bits per heavy atom. The second-order valence-electron chi connectivity index (χ2n) is 8.98. The molecule has 2 bridgehead atoms. The molecule has 1 unspecified atom stereocenters. The maximum absolute atomic E-state index is 3.98. The van der Waals surface area contributed by atoms with E-state index in [0.717, 1.165) is 12.5 Å². The van der Waals surface area contributed by atoms with Gasteiger partial charge in [0.2, 0.25) is 0 Å². The third kappa shape index (κ3) is 2.44. The zero-order chi connectivity index (χ0) is 15.3. The Balaban J connectivity index is 1.73. The average Bonchev–Trinajstić information content (AvgIpc) is 2.90. The van der Waals surface area contributed by atoms with E-state index in [9.17, 15) is 0 Å². The van der Waals surface area contributed by atoms with Crippen molar-refractivity contribution in [1.82, 2.24) is 5.32 Å². The molecule has 0 saturated heterocycles. The van der Waals surface area contributed by atoms with Gasteiger partial charge in [-0.3, -0.25) is 0 Å². The van der Waals surface area contributed by atoms with Gasteiger partial charge in [0.25, 0.3) is 0 Å². The van der Waals surface area contributed by atoms with E-state index >= 15 is 0 Å². The molecule has 3 atom stereocenters. The van der Waals surface area contributed by atoms with Gasteiger partial charge in [-0.1, -0.05) is 65.0 Å². The van der Waals surface area contributed by atoms with Crippen molar-refractivity contribution in [2.45, 2.75) is 65.3 Å². The predicted octanol–water partition coefficient (Wildman–Crippen LogP) is 4.77. The lowest BCUT2D eigenvalue weighted by Gasteiger charge is -2.44. The van der Waals surface area contributed by atoms with E-state index < -0.39 is 0 Å². The summed E-state index contributed by atoms with van der Waals surface area (Å²) in [4.78, 5) is 0. The summed E-state index contributed by atoms with van der Waals surface area (Å²) >= 11 is 0. The lowest BCUT2D eigenvalue weighted by molar-refractivity contribution is 0.104. The number of hydrogen-bond acceptors (Lipinski definition) is 1. The first kappa shape index (κ1) is 15.1. The minimum absolute atomic E-state index is 0.190. The van der Waals surface area contributed by atoms with Gasteiger partial charge in [-0.25, -0.2) is 0 Å². The van der Waals surface area contributed by atoms with Crippen molar-refractivity contribution < 1.29 is 0 Å². The molecular formula is C20H31N. The molecule has 2 aliphatic rings. The van der Waals surface area contributed by atoms with E-state index in [-0.39, 0.29) is 5.41 Å². The Morgan fingerprint density at radius 1 is 1.14 bits per heavy atom. The zero-order valence-corrected chi connectivity index (χ0v) is 14.4. The number of nitrogens with one attached hydrogen (secondary N) is 1. The molecule has 0 amide bonds. The third-order valence-corrected chi connectivity index (χ3v) is 6.57. The Morgan fingerprint density at radius 2 is 1.81 bits per heavy atom. The molecule has 0 aliphatic heterocycles. The molecule has 1 aromatic rings. The van der Waals surface area contributed by atoms with Gasteiger partial charge in [0.1, 0.15) is 0 Å². The highest BCUT2D eigenvalue weighted by Gasteiger charge is 2.59. The summed E-state index contributed by atoms with van der Waals surface area (Å²) < 4.78 is 0. The topological polar surface area (TPSA) is 12.0 Å². The molecule has 0 spiro atoms. The second-order valence-corrected chi connectivity index (χ2v) is 8.98. The summed E-state index contributed by atoms with van der Waals surface area (Å²) in [5.74, 6) is 0.917. The molecule has 21 heavy (non-hydrogen) atoms. The van der Waals surface area contributed by atoms with E-state index in [1.165, 1.54) is 24.8 Å². The average molecular weight is 285 g/mol. The highest BCUT2D eigenvalue weighted by atomic mass is 15.0. The molecule has 0 heterocycles. The molecule has 1 aromatic carbocycles. The fourth-order valence-corrected chi connectivity index (χ4v) is 5.16. The van der Waals surface area contributed by atoms with Gasteiger partial charge in [-0.2, -0.15) is 0 Å². The van der Waals surface area contributed by atoms with E-state index in [0.29, 0.717) is 16.9 Å². The summed E-state index contributed by atoms with van der Waals surface area (Å²) in [6, 6.07) is 11.6. The zero-order valence-electron chi connectivity index (χ0n) is 14.4. The van der Waals surface area contributed by atoms with Crippen molar-refractivity contribution in [1.29, 1.82) is 0 Å². The van der Waals surface area contributed by atoms with E-state index in [2.05, 4.69) is 70.3 Å². The minimum atomic E-state index is 0.190. The third-order valence-electron chi connectivity index (χ3n) is 6.57. The van der Waals surface area contributed by atoms with Crippen LogP contribution in [0.5, 0.6) is 0 Å². The lowest BCUT2D eigenvalue weighted by Crippen LogP contribution is -2.53. The Labute approximate surface area is 130 Å². The molecule has 2 fully saturated rings. The van der Waals surface area contributed by atoms with Crippen LogP contribution in [0.15, 0.2) is 30.3 Å². The molecule has 0 aromatic heterocycles. The van der Waals surface area contributed by atoms with Crippen molar-refractivity contribution in [2.75, 3.05) is 6.54 Å². The first-order valence-corrected chi connectivity index (χ1v) is 8.55. The first-order chi connectivity index (χ1) is 9.76. The fourth-order valence-electron chi connectivity index (χ4n) is 5.16. The van der Waals surface area contributed by atoms with Crippen LogP contribution in [0.1, 0.15) is 59.4 Å². The Bertz CT molecular complexity index is 497. The van der Waals surface area contributed by atoms with Gasteiger partial charge < -0.3 is 5.32 Å². The van der Waals surface area contributed by atoms with E-state index in [1.807, 2.05) is 0 Å². The second kappa shape index (κ2) is 4.84. The summed E-state index contributed by atoms with van der Waals surface area (Å²) in [6.45, 7) is 13.3. The Kier molecular flexibility index (Phi) is 3.48. The molecular weight excluding hydrogens is 254 g/mol. The first-order valence-electron chi connectivity index (χ1n) is 8.55. The van der Waals surface area contributed by atoms with Crippen LogP contribution in [0.25, 0.3) is 0 Å². The van der Waals surface area contributed by atoms with Crippen LogP contribution in [-0.4, -0.2) is 12.6 Å². The highest BCUT2D eigenvalue weighted by molar-refractivity contribution is 5.24.